The van der Waals surface area contributed by atoms with Crippen molar-refractivity contribution in [2.45, 2.75) is 6.42 Å². The highest BCUT2D eigenvalue weighted by atomic mass is 127. The van der Waals surface area contributed by atoms with Gasteiger partial charge in [0.15, 0.2) is 5.96 Å². The van der Waals surface area contributed by atoms with Gasteiger partial charge in [-0.2, -0.15) is 5.10 Å². The molecule has 1 aromatic rings. The summed E-state index contributed by atoms with van der Waals surface area (Å²) in [6.07, 6.45) is 3.87. The summed E-state index contributed by atoms with van der Waals surface area (Å²) in [4.78, 5) is 31.4. The lowest BCUT2D eigenvalue weighted by molar-refractivity contribution is -0.121. The maximum atomic E-state index is 12.4. The van der Waals surface area contributed by atoms with Gasteiger partial charge < -0.3 is 20.4 Å². The van der Waals surface area contributed by atoms with E-state index < -0.39 is 0 Å². The van der Waals surface area contributed by atoms with Gasteiger partial charge in [-0.25, -0.2) is 0 Å². The summed E-state index contributed by atoms with van der Waals surface area (Å²) >= 11 is 0. The molecule has 24 heavy (non-hydrogen) atoms. The molecular formula is C14H24IN7O2. The van der Waals surface area contributed by atoms with E-state index in [1.165, 1.54) is 0 Å². The summed E-state index contributed by atoms with van der Waals surface area (Å²) in [6, 6.07) is 0. The zero-order valence-electron chi connectivity index (χ0n) is 14.2. The second-order valence-corrected chi connectivity index (χ2v) is 5.24. The summed E-state index contributed by atoms with van der Waals surface area (Å²) in [6.45, 7) is 1.96. The Hall–Kier alpha value is -1.85. The fourth-order valence-corrected chi connectivity index (χ4v) is 2.42. The Kier molecular flexibility index (Phi) is 7.95. The minimum absolute atomic E-state index is 0. The minimum Gasteiger partial charge on any atom is -0.359 e. The number of aromatic nitrogens is 2. The Morgan fingerprint density at radius 2 is 2.17 bits per heavy atom. The van der Waals surface area contributed by atoms with Crippen molar-refractivity contribution >= 4 is 47.4 Å². The Labute approximate surface area is 158 Å². The molecule has 0 atom stereocenters. The molecule has 2 rings (SSSR count). The van der Waals surface area contributed by atoms with Crippen molar-refractivity contribution < 1.29 is 9.59 Å². The van der Waals surface area contributed by atoms with Crippen LogP contribution in [0.4, 0.5) is 5.69 Å². The summed E-state index contributed by atoms with van der Waals surface area (Å²) in [5, 5.41) is 9.78. The number of nitrogens with one attached hydrogen (secondary N) is 2. The summed E-state index contributed by atoms with van der Waals surface area (Å²) in [5.41, 5.74) is 0.805. The topological polar surface area (TPSA) is 94.9 Å². The number of carbonyl (C=O) groups is 2. The third-order valence-electron chi connectivity index (χ3n) is 3.65. The van der Waals surface area contributed by atoms with Gasteiger partial charge in [-0.05, 0) is 0 Å². The molecule has 2 heterocycles. The van der Waals surface area contributed by atoms with Gasteiger partial charge in [-0.15, -0.1) is 24.0 Å². The number of anilines is 1. The number of guanidine groups is 1. The van der Waals surface area contributed by atoms with Crippen molar-refractivity contribution in [1.82, 2.24) is 25.3 Å². The molecule has 1 aromatic heterocycles. The number of aryl methyl sites for hydroxylation is 1. The third kappa shape index (κ3) is 5.08. The molecule has 10 heteroatoms. The number of nitrogens with zero attached hydrogens (tertiary/aromatic N) is 5. The van der Waals surface area contributed by atoms with Crippen LogP contribution in [0.25, 0.3) is 0 Å². The Morgan fingerprint density at radius 3 is 2.71 bits per heavy atom. The molecule has 1 aliphatic rings. The fourth-order valence-electron chi connectivity index (χ4n) is 2.42. The lowest BCUT2D eigenvalue weighted by atomic mass is 10.3. The van der Waals surface area contributed by atoms with Gasteiger partial charge in [0.05, 0.1) is 11.9 Å². The lowest BCUT2D eigenvalue weighted by Gasteiger charge is -2.35. The molecule has 1 fully saturated rings. The smallest absolute Gasteiger partial charge is 0.246 e. The first-order valence-electron chi connectivity index (χ1n) is 7.50. The van der Waals surface area contributed by atoms with Gasteiger partial charge in [0, 0.05) is 53.4 Å². The van der Waals surface area contributed by atoms with Crippen LogP contribution >= 0.6 is 24.0 Å². The molecule has 0 bridgehead atoms. The highest BCUT2D eigenvalue weighted by molar-refractivity contribution is 14.0. The van der Waals surface area contributed by atoms with Gasteiger partial charge in [-0.1, -0.05) is 0 Å². The van der Waals surface area contributed by atoms with Crippen molar-refractivity contribution in [1.29, 1.82) is 0 Å². The molecule has 9 nitrogen and oxygen atoms in total. The average Bonchev–Trinajstić information content (AvgIpc) is 2.97. The molecular weight excluding hydrogens is 425 g/mol. The van der Waals surface area contributed by atoms with E-state index in [1.807, 2.05) is 18.1 Å². The van der Waals surface area contributed by atoms with Crippen molar-refractivity contribution in [3.8, 4) is 0 Å². The number of amides is 2. The van der Waals surface area contributed by atoms with Crippen LogP contribution in [-0.4, -0.2) is 72.7 Å². The molecule has 1 aliphatic heterocycles. The molecule has 0 radical (unpaired) electrons. The molecule has 2 amide bonds. The van der Waals surface area contributed by atoms with Gasteiger partial charge in [0.1, 0.15) is 6.54 Å². The van der Waals surface area contributed by atoms with Crippen molar-refractivity contribution in [2.24, 2.45) is 12.0 Å². The summed E-state index contributed by atoms with van der Waals surface area (Å²) < 4.78 is 1.67. The summed E-state index contributed by atoms with van der Waals surface area (Å²) in [5.74, 6) is 0.594. The van der Waals surface area contributed by atoms with Crippen molar-refractivity contribution in [3.05, 3.63) is 12.4 Å². The third-order valence-corrected chi connectivity index (χ3v) is 3.65. The van der Waals surface area contributed by atoms with E-state index in [0.717, 1.165) is 5.69 Å². The number of hydrogen-bond donors (Lipinski definition) is 2. The average molecular weight is 449 g/mol. The molecule has 0 saturated carbocycles. The maximum Gasteiger partial charge on any atom is 0.246 e. The largest absolute Gasteiger partial charge is 0.359 e. The van der Waals surface area contributed by atoms with E-state index in [2.05, 4.69) is 20.7 Å². The number of halogens is 1. The number of carbonyl (C=O) groups excluding carboxylic acids is 2. The Morgan fingerprint density at radius 1 is 1.42 bits per heavy atom. The van der Waals surface area contributed by atoms with E-state index in [4.69, 9.17) is 0 Å². The van der Waals surface area contributed by atoms with E-state index in [9.17, 15) is 9.59 Å². The lowest BCUT2D eigenvalue weighted by Crippen LogP contribution is -2.55. The summed E-state index contributed by atoms with van der Waals surface area (Å²) in [7, 11) is 5.09. The van der Waals surface area contributed by atoms with E-state index in [-0.39, 0.29) is 42.3 Å². The number of aliphatic imine (C=N–C) groups is 1. The second-order valence-electron chi connectivity index (χ2n) is 5.24. The Bertz CT molecular complexity index is 602. The number of piperazine rings is 1. The normalized spacial score (nSPS) is 15.1. The van der Waals surface area contributed by atoms with Crippen LogP contribution in [-0.2, 0) is 16.6 Å². The minimum atomic E-state index is -0.0366. The van der Waals surface area contributed by atoms with Crippen LogP contribution in [0.3, 0.4) is 0 Å². The molecule has 0 unspecified atom stereocenters. The van der Waals surface area contributed by atoms with Crippen LogP contribution in [0.5, 0.6) is 0 Å². The van der Waals surface area contributed by atoms with Crippen LogP contribution < -0.4 is 15.5 Å². The van der Waals surface area contributed by atoms with Crippen molar-refractivity contribution in [2.75, 3.05) is 45.2 Å². The zero-order chi connectivity index (χ0) is 16.8. The van der Waals surface area contributed by atoms with Gasteiger partial charge in [0.2, 0.25) is 11.8 Å². The predicted molar refractivity (Wildman–Crippen MR) is 103 cm³/mol. The van der Waals surface area contributed by atoms with Crippen LogP contribution in [0.2, 0.25) is 0 Å². The monoisotopic (exact) mass is 449 g/mol. The fraction of sp³-hybridized carbons (Fsp3) is 0.571. The van der Waals surface area contributed by atoms with E-state index >= 15 is 0 Å². The second kappa shape index (κ2) is 9.45. The SMILES string of the molecule is CN=C(NCCC(=O)NC)N1CCN(c2cnn(C)c2)C(=O)C1.I. The first kappa shape index (κ1) is 20.2. The number of hydrogen-bond acceptors (Lipinski definition) is 4. The van der Waals surface area contributed by atoms with E-state index in [0.29, 0.717) is 32.0 Å². The van der Waals surface area contributed by atoms with Gasteiger partial charge >= 0.3 is 0 Å². The van der Waals surface area contributed by atoms with Gasteiger partial charge in [0.25, 0.3) is 0 Å². The highest BCUT2D eigenvalue weighted by Gasteiger charge is 2.27. The molecule has 0 spiro atoms. The first-order valence-corrected chi connectivity index (χ1v) is 7.50. The van der Waals surface area contributed by atoms with E-state index in [1.54, 1.807) is 29.9 Å². The quantitative estimate of drug-likeness (QED) is 0.364. The molecule has 2 N–H and O–H groups in total. The zero-order valence-corrected chi connectivity index (χ0v) is 16.5. The molecule has 134 valence electrons. The standard InChI is InChI=1S/C14H23N7O2.HI/c1-15-12(22)4-5-17-14(16-2)20-6-7-21(13(23)10-20)11-8-18-19(3)9-11;/h8-9H,4-7,10H2,1-3H3,(H,15,22)(H,16,17);1H. The van der Waals surface area contributed by atoms with Gasteiger partial charge in [-0.3, -0.25) is 19.3 Å². The van der Waals surface area contributed by atoms with Crippen LogP contribution in [0.1, 0.15) is 6.42 Å². The molecule has 0 aromatic carbocycles. The predicted octanol–water partition coefficient (Wildman–Crippen LogP) is -0.602. The molecule has 0 aliphatic carbocycles. The van der Waals surface area contributed by atoms with Crippen molar-refractivity contribution in [3.63, 3.8) is 0 Å². The number of rotatable bonds is 4. The first-order chi connectivity index (χ1) is 11.0. The highest BCUT2D eigenvalue weighted by Crippen LogP contribution is 2.15. The molecule has 1 saturated heterocycles. The Balaban J connectivity index is 0.00000288. The maximum absolute atomic E-state index is 12.4. The van der Waals surface area contributed by atoms with Crippen LogP contribution in [0, 0.1) is 0 Å². The van der Waals surface area contributed by atoms with Crippen LogP contribution in [0.15, 0.2) is 17.4 Å².